The van der Waals surface area contributed by atoms with Gasteiger partial charge in [0.1, 0.15) is 0 Å². The van der Waals surface area contributed by atoms with Crippen LogP contribution in [0.5, 0.6) is 0 Å². The SMILES string of the molecule is COC(=O)[C@@](N)(C(=O)CCC(=O)CN1C(=O)c2ccccc2C1=O)[C@@H](C)O. The summed E-state index contributed by atoms with van der Waals surface area (Å²) in [6, 6.07) is 6.20. The number of methoxy groups -OCH3 is 1. The van der Waals surface area contributed by atoms with Crippen molar-refractivity contribution in [3.63, 3.8) is 0 Å². The molecule has 1 aromatic rings. The third kappa shape index (κ3) is 3.64. The van der Waals surface area contributed by atoms with E-state index in [4.69, 9.17) is 5.73 Å². The largest absolute Gasteiger partial charge is 0.467 e. The maximum atomic E-state index is 12.3. The predicted molar refractivity (Wildman–Crippen MR) is 91.7 cm³/mol. The number of imide groups is 1. The van der Waals surface area contributed by atoms with E-state index in [0.717, 1.165) is 18.9 Å². The smallest absolute Gasteiger partial charge is 0.336 e. The maximum absolute atomic E-state index is 12.3. The minimum Gasteiger partial charge on any atom is -0.467 e. The number of ether oxygens (including phenoxy) is 1. The molecule has 0 radical (unpaired) electrons. The molecule has 1 aliphatic heterocycles. The highest BCUT2D eigenvalue weighted by Crippen LogP contribution is 2.22. The molecule has 1 heterocycles. The second-order valence-corrected chi connectivity index (χ2v) is 6.24. The van der Waals surface area contributed by atoms with Gasteiger partial charge in [0.15, 0.2) is 17.1 Å². The highest BCUT2D eigenvalue weighted by atomic mass is 16.5. The number of ketones is 2. The zero-order valence-electron chi connectivity index (χ0n) is 14.9. The Morgan fingerprint density at radius 3 is 2.11 bits per heavy atom. The molecule has 2 rings (SSSR count). The summed E-state index contributed by atoms with van der Waals surface area (Å²) in [5.74, 6) is -3.71. The second kappa shape index (κ2) is 7.77. The highest BCUT2D eigenvalue weighted by molar-refractivity contribution is 6.22. The first kappa shape index (κ1) is 20.4. The molecule has 9 nitrogen and oxygen atoms in total. The van der Waals surface area contributed by atoms with Gasteiger partial charge >= 0.3 is 5.97 Å². The molecule has 0 aliphatic carbocycles. The van der Waals surface area contributed by atoms with Gasteiger partial charge < -0.3 is 15.6 Å². The van der Waals surface area contributed by atoms with Gasteiger partial charge in [-0.1, -0.05) is 12.1 Å². The lowest BCUT2D eigenvalue weighted by Gasteiger charge is -2.27. The van der Waals surface area contributed by atoms with Crippen LogP contribution in [0.15, 0.2) is 24.3 Å². The van der Waals surface area contributed by atoms with Crippen molar-refractivity contribution in [2.75, 3.05) is 13.7 Å². The number of carbonyl (C=O) groups excluding carboxylic acids is 5. The maximum Gasteiger partial charge on any atom is 0.336 e. The monoisotopic (exact) mass is 376 g/mol. The molecule has 9 heteroatoms. The van der Waals surface area contributed by atoms with Gasteiger partial charge in [-0.25, -0.2) is 4.79 Å². The molecule has 0 fully saturated rings. The number of aliphatic hydroxyl groups excluding tert-OH is 1. The van der Waals surface area contributed by atoms with Gasteiger partial charge in [-0.3, -0.25) is 24.1 Å². The van der Waals surface area contributed by atoms with Crippen LogP contribution in [0.2, 0.25) is 0 Å². The van der Waals surface area contributed by atoms with Crippen LogP contribution in [0.1, 0.15) is 40.5 Å². The van der Waals surface area contributed by atoms with Crippen LogP contribution in [-0.2, 0) is 19.1 Å². The number of aliphatic hydroxyl groups is 1. The van der Waals surface area contributed by atoms with Crippen molar-refractivity contribution in [3.05, 3.63) is 35.4 Å². The number of amides is 2. The van der Waals surface area contributed by atoms with Gasteiger partial charge in [0.2, 0.25) is 0 Å². The van der Waals surface area contributed by atoms with E-state index in [9.17, 15) is 29.1 Å². The number of Topliss-reactive ketones (excluding diaryl/α,β-unsaturated/α-hetero) is 2. The number of fused-ring (bicyclic) bond motifs is 1. The third-order valence-corrected chi connectivity index (χ3v) is 4.49. The van der Waals surface area contributed by atoms with E-state index in [1.165, 1.54) is 12.1 Å². The Hall–Kier alpha value is -2.91. The molecule has 27 heavy (non-hydrogen) atoms. The van der Waals surface area contributed by atoms with Crippen molar-refractivity contribution in [1.82, 2.24) is 4.90 Å². The molecular weight excluding hydrogens is 356 g/mol. The van der Waals surface area contributed by atoms with E-state index < -0.39 is 54.0 Å². The van der Waals surface area contributed by atoms with Gasteiger partial charge in [-0.15, -0.1) is 0 Å². The van der Waals surface area contributed by atoms with Crippen LogP contribution in [0.3, 0.4) is 0 Å². The van der Waals surface area contributed by atoms with E-state index in [1.807, 2.05) is 0 Å². The van der Waals surface area contributed by atoms with E-state index in [1.54, 1.807) is 12.1 Å². The minimum absolute atomic E-state index is 0.215. The molecule has 0 saturated carbocycles. The van der Waals surface area contributed by atoms with Crippen molar-refractivity contribution in [2.24, 2.45) is 5.73 Å². The molecule has 1 aliphatic rings. The average molecular weight is 376 g/mol. The van der Waals surface area contributed by atoms with Crippen LogP contribution >= 0.6 is 0 Å². The Bertz CT molecular complexity index is 783. The zero-order valence-corrected chi connectivity index (χ0v) is 14.9. The lowest BCUT2D eigenvalue weighted by atomic mass is 9.86. The van der Waals surface area contributed by atoms with Crippen LogP contribution in [0.4, 0.5) is 0 Å². The van der Waals surface area contributed by atoms with Crippen molar-refractivity contribution in [2.45, 2.75) is 31.4 Å². The Morgan fingerprint density at radius 1 is 1.15 bits per heavy atom. The fraction of sp³-hybridized carbons (Fsp3) is 0.389. The first-order valence-electron chi connectivity index (χ1n) is 8.20. The summed E-state index contributed by atoms with van der Waals surface area (Å²) in [7, 11) is 1.02. The lowest BCUT2D eigenvalue weighted by molar-refractivity contribution is -0.156. The van der Waals surface area contributed by atoms with E-state index in [2.05, 4.69) is 4.74 Å². The zero-order chi connectivity index (χ0) is 20.4. The van der Waals surface area contributed by atoms with Gasteiger partial charge in [0, 0.05) is 12.8 Å². The molecule has 0 bridgehead atoms. The minimum atomic E-state index is -2.29. The average Bonchev–Trinajstić information content (AvgIpc) is 2.89. The third-order valence-electron chi connectivity index (χ3n) is 4.49. The normalized spacial score (nSPS) is 16.5. The number of nitrogens with zero attached hydrogens (tertiary/aromatic N) is 1. The summed E-state index contributed by atoms with van der Waals surface area (Å²) in [5.41, 5.74) is 3.83. The molecule has 1 aromatic carbocycles. The van der Waals surface area contributed by atoms with Crippen molar-refractivity contribution < 1.29 is 33.8 Å². The molecule has 2 atom stereocenters. The molecule has 2 amide bonds. The fourth-order valence-corrected chi connectivity index (χ4v) is 2.78. The highest BCUT2D eigenvalue weighted by Gasteiger charge is 2.47. The van der Waals surface area contributed by atoms with E-state index >= 15 is 0 Å². The first-order valence-corrected chi connectivity index (χ1v) is 8.20. The molecule has 0 unspecified atom stereocenters. The second-order valence-electron chi connectivity index (χ2n) is 6.24. The molecule has 3 N–H and O–H groups in total. The summed E-state index contributed by atoms with van der Waals surface area (Å²) in [6.07, 6.45) is -2.32. The van der Waals surface area contributed by atoms with E-state index in [0.29, 0.717) is 0 Å². The number of carbonyl (C=O) groups is 5. The molecule has 0 spiro atoms. The van der Waals surface area contributed by atoms with Crippen molar-refractivity contribution in [3.8, 4) is 0 Å². The summed E-state index contributed by atoms with van der Waals surface area (Å²) in [5, 5.41) is 9.68. The van der Waals surface area contributed by atoms with Gasteiger partial charge in [-0.2, -0.15) is 0 Å². The summed E-state index contributed by atoms with van der Waals surface area (Å²) in [4.78, 5) is 61.4. The van der Waals surface area contributed by atoms with Gasteiger partial charge in [0.25, 0.3) is 11.8 Å². The summed E-state index contributed by atoms with van der Waals surface area (Å²) >= 11 is 0. The van der Waals surface area contributed by atoms with Crippen molar-refractivity contribution in [1.29, 1.82) is 0 Å². The Kier molecular flexibility index (Phi) is 5.87. The predicted octanol–water partition coefficient (Wildman–Crippen LogP) is -0.548. The molecule has 0 saturated heterocycles. The Balaban J connectivity index is 2.01. The quantitative estimate of drug-likeness (QED) is 0.349. The standard InChI is InChI=1S/C18H20N2O7/c1-10(21)18(19,17(26)27-2)14(23)8-7-11(22)9-20-15(24)12-5-3-4-6-13(12)16(20)25/h3-6,10,21H,7-9,19H2,1-2H3/t10-,18+/m1/s1. The number of hydrogen-bond acceptors (Lipinski definition) is 8. The van der Waals surface area contributed by atoms with Crippen LogP contribution in [-0.4, -0.2) is 64.7 Å². The number of hydrogen-bond donors (Lipinski definition) is 2. The molecular formula is C18H20N2O7. The van der Waals surface area contributed by atoms with E-state index in [-0.39, 0.29) is 17.5 Å². The molecule has 144 valence electrons. The van der Waals surface area contributed by atoms with Gasteiger partial charge in [-0.05, 0) is 19.1 Å². The van der Waals surface area contributed by atoms with Crippen LogP contribution in [0, 0.1) is 0 Å². The summed E-state index contributed by atoms with van der Waals surface area (Å²) in [6.45, 7) is 0.666. The van der Waals surface area contributed by atoms with Crippen LogP contribution in [0.25, 0.3) is 0 Å². The summed E-state index contributed by atoms with van der Waals surface area (Å²) < 4.78 is 4.45. The molecule has 0 aromatic heterocycles. The fourth-order valence-electron chi connectivity index (χ4n) is 2.78. The Morgan fingerprint density at radius 2 is 1.67 bits per heavy atom. The van der Waals surface area contributed by atoms with Crippen LogP contribution < -0.4 is 5.73 Å². The van der Waals surface area contributed by atoms with Crippen molar-refractivity contribution >= 4 is 29.4 Å². The lowest BCUT2D eigenvalue weighted by Crippen LogP contribution is -2.62. The number of rotatable bonds is 8. The number of nitrogens with two attached hydrogens (primary N) is 1. The number of esters is 1. The topological polar surface area (TPSA) is 144 Å². The number of benzene rings is 1. The van der Waals surface area contributed by atoms with Gasteiger partial charge in [0.05, 0.1) is 30.9 Å². The first-order chi connectivity index (χ1) is 12.6. The Labute approximate surface area is 155 Å².